The molecule has 5 heteroatoms. The van der Waals surface area contributed by atoms with E-state index in [2.05, 4.69) is 22.4 Å². The maximum atomic E-state index is 12.5. The fraction of sp³-hybridized carbons (Fsp3) is 0.526. The zero-order chi connectivity index (χ0) is 16.8. The molecule has 0 bridgehead atoms. The minimum atomic E-state index is -0.0588. The van der Waals surface area contributed by atoms with E-state index in [-0.39, 0.29) is 11.9 Å². The largest absolute Gasteiger partial charge is 0.496 e. The first-order valence-corrected chi connectivity index (χ1v) is 8.82. The molecule has 2 aliphatic rings. The molecule has 2 aliphatic heterocycles. The molecule has 2 heterocycles. The highest BCUT2D eigenvalue weighted by Gasteiger charge is 2.29. The highest BCUT2D eigenvalue weighted by Crippen LogP contribution is 2.18. The van der Waals surface area contributed by atoms with Gasteiger partial charge < -0.3 is 15.0 Å². The summed E-state index contributed by atoms with van der Waals surface area (Å²) in [6.07, 6.45) is 6.53. The molecule has 1 amide bonds. The third-order valence-electron chi connectivity index (χ3n) is 4.78. The molecule has 5 nitrogen and oxygen atoms in total. The lowest BCUT2D eigenvalue weighted by molar-refractivity contribution is -0.133. The fourth-order valence-electron chi connectivity index (χ4n) is 3.43. The lowest BCUT2D eigenvalue weighted by Crippen LogP contribution is -2.57. The third-order valence-corrected chi connectivity index (χ3v) is 4.78. The number of methoxy groups -OCH3 is 1. The predicted octanol–water partition coefficient (Wildman–Crippen LogP) is 1.60. The third kappa shape index (κ3) is 4.16. The second kappa shape index (κ2) is 8.31. The van der Waals surface area contributed by atoms with Crippen molar-refractivity contribution in [3.05, 3.63) is 35.9 Å². The summed E-state index contributed by atoms with van der Waals surface area (Å²) in [7, 11) is 1.69. The van der Waals surface area contributed by atoms with Crippen LogP contribution in [-0.2, 0) is 4.79 Å². The van der Waals surface area contributed by atoms with Gasteiger partial charge in [0.1, 0.15) is 5.75 Å². The first-order valence-electron chi connectivity index (χ1n) is 8.82. The Balaban J connectivity index is 1.53. The highest BCUT2D eigenvalue weighted by molar-refractivity contribution is 5.82. The maximum Gasteiger partial charge on any atom is 0.241 e. The molecular weight excluding hydrogens is 302 g/mol. The predicted molar refractivity (Wildman–Crippen MR) is 96.1 cm³/mol. The Morgan fingerprint density at radius 2 is 2.08 bits per heavy atom. The molecule has 0 radical (unpaired) electrons. The van der Waals surface area contributed by atoms with Gasteiger partial charge in [-0.25, -0.2) is 0 Å². The first kappa shape index (κ1) is 17.0. The van der Waals surface area contributed by atoms with Crippen LogP contribution in [0.25, 0.3) is 6.08 Å². The fourth-order valence-corrected chi connectivity index (χ4v) is 3.43. The maximum absolute atomic E-state index is 12.5. The quantitative estimate of drug-likeness (QED) is 0.891. The van der Waals surface area contributed by atoms with Crippen molar-refractivity contribution in [1.29, 1.82) is 0 Å². The topological polar surface area (TPSA) is 44.8 Å². The van der Waals surface area contributed by atoms with Crippen LogP contribution >= 0.6 is 0 Å². The molecule has 0 spiro atoms. The van der Waals surface area contributed by atoms with E-state index in [1.165, 1.54) is 0 Å². The van der Waals surface area contributed by atoms with Crippen LogP contribution < -0.4 is 10.1 Å². The van der Waals surface area contributed by atoms with Crippen molar-refractivity contribution in [2.75, 3.05) is 46.4 Å². The Morgan fingerprint density at radius 3 is 2.88 bits per heavy atom. The number of nitrogens with one attached hydrogen (secondary N) is 1. The molecule has 24 heavy (non-hydrogen) atoms. The summed E-state index contributed by atoms with van der Waals surface area (Å²) in [6, 6.07) is 7.94. The molecular formula is C19H27N3O2. The van der Waals surface area contributed by atoms with Crippen molar-refractivity contribution >= 4 is 12.0 Å². The molecule has 1 aromatic rings. The summed E-state index contributed by atoms with van der Waals surface area (Å²) >= 11 is 0. The van der Waals surface area contributed by atoms with E-state index in [9.17, 15) is 4.79 Å². The summed E-state index contributed by atoms with van der Waals surface area (Å²) in [5.41, 5.74) is 1.08. The van der Waals surface area contributed by atoms with Crippen LogP contribution in [0.3, 0.4) is 0 Å². The lowest BCUT2D eigenvalue weighted by atomic mass is 10.1. The van der Waals surface area contributed by atoms with Gasteiger partial charge in [-0.05, 0) is 18.9 Å². The summed E-state index contributed by atoms with van der Waals surface area (Å²) in [5.74, 6) is 1.15. The number of ether oxygens (including phenoxy) is 1. The number of likely N-dealkylation sites (tertiary alicyclic amines) is 1. The molecule has 130 valence electrons. The summed E-state index contributed by atoms with van der Waals surface area (Å²) in [4.78, 5) is 16.9. The van der Waals surface area contributed by atoms with E-state index in [0.717, 1.165) is 63.4 Å². The average Bonchev–Trinajstić information content (AvgIpc) is 3.16. The minimum Gasteiger partial charge on any atom is -0.496 e. The van der Waals surface area contributed by atoms with E-state index in [4.69, 9.17) is 4.74 Å². The number of hydrogen-bond donors (Lipinski definition) is 1. The number of amides is 1. The van der Waals surface area contributed by atoms with Gasteiger partial charge in [0.25, 0.3) is 0 Å². The van der Waals surface area contributed by atoms with E-state index in [0.29, 0.717) is 0 Å². The molecule has 1 unspecified atom stereocenters. The number of carbonyl (C=O) groups excluding carboxylic acids is 1. The summed E-state index contributed by atoms with van der Waals surface area (Å²) in [5, 5.41) is 3.38. The van der Waals surface area contributed by atoms with Crippen LogP contribution in [-0.4, -0.2) is 68.1 Å². The van der Waals surface area contributed by atoms with Gasteiger partial charge in [0.05, 0.1) is 13.2 Å². The standard InChI is InChI=1S/C19H27N3O2/c1-24-18-9-3-2-7-16(18)8-6-11-21-14-10-20-17(15-21)19(23)22-12-4-5-13-22/h2-3,6-9,17,20H,4-5,10-15H2,1H3/b8-6+. The molecule has 1 aromatic carbocycles. The molecule has 2 fully saturated rings. The van der Waals surface area contributed by atoms with Gasteiger partial charge in [-0.1, -0.05) is 30.4 Å². The SMILES string of the molecule is COc1ccccc1/C=C/CN1CCNC(C(=O)N2CCCC2)C1. The average molecular weight is 329 g/mol. The van der Waals surface area contributed by atoms with Crippen molar-refractivity contribution in [3.63, 3.8) is 0 Å². The Bertz CT molecular complexity index is 582. The van der Waals surface area contributed by atoms with Gasteiger partial charge in [0, 0.05) is 44.8 Å². The van der Waals surface area contributed by atoms with Gasteiger partial charge in [-0.3, -0.25) is 9.69 Å². The molecule has 3 rings (SSSR count). The highest BCUT2D eigenvalue weighted by atomic mass is 16.5. The molecule has 0 aromatic heterocycles. The van der Waals surface area contributed by atoms with Crippen LogP contribution in [0.5, 0.6) is 5.75 Å². The Kier molecular flexibility index (Phi) is 5.88. The Hall–Kier alpha value is -1.85. The number of para-hydroxylation sites is 1. The van der Waals surface area contributed by atoms with Gasteiger partial charge >= 0.3 is 0 Å². The van der Waals surface area contributed by atoms with E-state index in [1.807, 2.05) is 29.2 Å². The van der Waals surface area contributed by atoms with Gasteiger partial charge in [0.2, 0.25) is 5.91 Å². The second-order valence-electron chi connectivity index (χ2n) is 6.44. The molecule has 2 saturated heterocycles. The van der Waals surface area contributed by atoms with Crippen molar-refractivity contribution in [2.45, 2.75) is 18.9 Å². The van der Waals surface area contributed by atoms with Gasteiger partial charge in [-0.2, -0.15) is 0 Å². The van der Waals surface area contributed by atoms with Crippen molar-refractivity contribution in [2.24, 2.45) is 0 Å². The molecule has 0 saturated carbocycles. The van der Waals surface area contributed by atoms with Crippen LogP contribution in [0.1, 0.15) is 18.4 Å². The zero-order valence-electron chi connectivity index (χ0n) is 14.4. The van der Waals surface area contributed by atoms with Crippen LogP contribution in [0.4, 0.5) is 0 Å². The number of nitrogens with zero attached hydrogens (tertiary/aromatic N) is 2. The zero-order valence-corrected chi connectivity index (χ0v) is 14.4. The van der Waals surface area contributed by atoms with Gasteiger partial charge in [-0.15, -0.1) is 0 Å². The van der Waals surface area contributed by atoms with E-state index < -0.39 is 0 Å². The van der Waals surface area contributed by atoms with Crippen LogP contribution in [0.2, 0.25) is 0 Å². The first-order chi connectivity index (χ1) is 11.8. The number of benzene rings is 1. The monoisotopic (exact) mass is 329 g/mol. The number of carbonyl (C=O) groups is 1. The number of hydrogen-bond acceptors (Lipinski definition) is 4. The van der Waals surface area contributed by atoms with Crippen molar-refractivity contribution in [1.82, 2.24) is 15.1 Å². The van der Waals surface area contributed by atoms with Crippen LogP contribution in [0.15, 0.2) is 30.3 Å². The normalized spacial score (nSPS) is 22.2. The molecule has 1 atom stereocenters. The lowest BCUT2D eigenvalue weighted by Gasteiger charge is -2.34. The molecule has 0 aliphatic carbocycles. The number of piperazine rings is 1. The minimum absolute atomic E-state index is 0.0588. The Labute approximate surface area is 144 Å². The van der Waals surface area contributed by atoms with Gasteiger partial charge in [0.15, 0.2) is 0 Å². The second-order valence-corrected chi connectivity index (χ2v) is 6.44. The van der Waals surface area contributed by atoms with Crippen LogP contribution in [0, 0.1) is 0 Å². The van der Waals surface area contributed by atoms with Crippen molar-refractivity contribution in [3.8, 4) is 5.75 Å². The Morgan fingerprint density at radius 1 is 1.29 bits per heavy atom. The van der Waals surface area contributed by atoms with E-state index in [1.54, 1.807) is 7.11 Å². The number of rotatable bonds is 5. The van der Waals surface area contributed by atoms with Crippen molar-refractivity contribution < 1.29 is 9.53 Å². The van der Waals surface area contributed by atoms with E-state index >= 15 is 0 Å². The summed E-state index contributed by atoms with van der Waals surface area (Å²) in [6.45, 7) is 5.32. The summed E-state index contributed by atoms with van der Waals surface area (Å²) < 4.78 is 5.37. The molecule has 1 N–H and O–H groups in total. The smallest absolute Gasteiger partial charge is 0.241 e.